The van der Waals surface area contributed by atoms with Crippen LogP contribution in [0.15, 0.2) is 18.2 Å². The van der Waals surface area contributed by atoms with Crippen LogP contribution in [0.3, 0.4) is 0 Å². The molecule has 1 aromatic carbocycles. The third-order valence-corrected chi connectivity index (χ3v) is 4.47. The molecule has 1 fully saturated rings. The third kappa shape index (κ3) is 3.88. The van der Waals surface area contributed by atoms with Gasteiger partial charge in [-0.3, -0.25) is 20.2 Å². The topological polar surface area (TPSA) is 119 Å². The summed E-state index contributed by atoms with van der Waals surface area (Å²) in [5.41, 5.74) is 17.6. The number of nitrogens with two attached hydrogens (primary N) is 3. The summed E-state index contributed by atoms with van der Waals surface area (Å²) in [7, 11) is -3.46. The number of phenolic OH excluding ortho intramolecular Hbond substituents is 1. The maximum atomic E-state index is 12.1. The summed E-state index contributed by atoms with van der Waals surface area (Å²) in [6, 6.07) is 4.66. The molecule has 0 atom stereocenters. The second-order valence-corrected chi connectivity index (χ2v) is 6.48. The average Bonchev–Trinajstić information content (AvgIpc) is 2.73. The van der Waals surface area contributed by atoms with Gasteiger partial charge in [-0.2, -0.15) is 0 Å². The van der Waals surface area contributed by atoms with Gasteiger partial charge in [-0.05, 0) is 25.0 Å². The van der Waals surface area contributed by atoms with Gasteiger partial charge < -0.3 is 10.8 Å². The molecule has 1 aromatic rings. The summed E-state index contributed by atoms with van der Waals surface area (Å²) in [4.78, 5) is 0. The van der Waals surface area contributed by atoms with Crippen LogP contribution in [-0.4, -0.2) is 40.7 Å². The molecular formula is C11H19N4NaO2P. The number of benzene rings is 1. The van der Waals surface area contributed by atoms with E-state index in [1.54, 1.807) is 12.1 Å². The van der Waals surface area contributed by atoms with Gasteiger partial charge in [0.25, 0.3) is 0 Å². The first-order valence-electron chi connectivity index (χ1n) is 5.95. The van der Waals surface area contributed by atoms with Gasteiger partial charge in [0, 0.05) is 47.4 Å². The van der Waals surface area contributed by atoms with E-state index in [4.69, 9.17) is 16.7 Å². The number of nitrogen functional groups attached to an aromatic ring is 1. The van der Waals surface area contributed by atoms with Crippen LogP contribution in [0.25, 0.3) is 0 Å². The number of nitrogens with zero attached hydrogens (tertiary/aromatic N) is 1. The molecule has 0 saturated heterocycles. The van der Waals surface area contributed by atoms with E-state index in [1.165, 1.54) is 10.7 Å². The van der Waals surface area contributed by atoms with Crippen LogP contribution in [0.1, 0.15) is 25.7 Å². The van der Waals surface area contributed by atoms with Crippen LogP contribution in [0.4, 0.5) is 11.4 Å². The van der Waals surface area contributed by atoms with E-state index in [1.807, 2.05) is 0 Å². The van der Waals surface area contributed by atoms with Crippen LogP contribution < -0.4 is 21.4 Å². The van der Waals surface area contributed by atoms with E-state index in [-0.39, 0.29) is 41.3 Å². The van der Waals surface area contributed by atoms with E-state index in [9.17, 15) is 9.67 Å². The molecule has 6 nitrogen and oxygen atoms in total. The molecule has 0 aromatic heterocycles. The van der Waals surface area contributed by atoms with E-state index < -0.39 is 7.59 Å². The molecule has 0 amide bonds. The van der Waals surface area contributed by atoms with Crippen molar-refractivity contribution in [3.8, 4) is 5.75 Å². The van der Waals surface area contributed by atoms with Gasteiger partial charge >= 0.3 is 7.59 Å². The molecule has 1 aliphatic rings. The molecule has 19 heavy (non-hydrogen) atoms. The molecule has 8 heteroatoms. The van der Waals surface area contributed by atoms with Gasteiger partial charge in [-0.15, -0.1) is 0 Å². The molecule has 101 valence electrons. The second-order valence-electron chi connectivity index (χ2n) is 4.70. The Morgan fingerprint density at radius 2 is 1.84 bits per heavy atom. The maximum Gasteiger partial charge on any atom is 0.301 e. The number of aromatic hydroxyl groups is 1. The largest absolute Gasteiger partial charge is 0.506 e. The Morgan fingerprint density at radius 3 is 2.32 bits per heavy atom. The summed E-state index contributed by atoms with van der Waals surface area (Å²) < 4.78 is 13.5. The predicted octanol–water partition coefficient (Wildman–Crippen LogP) is 1.37. The molecule has 1 radical (unpaired) electrons. The Balaban J connectivity index is 0.00000180. The molecule has 7 N–H and O–H groups in total. The zero-order chi connectivity index (χ0) is 13.3. The standard InChI is InChI=1S/C11H19N4O2P.Na/c12-8-5-6-10(11(16)7-8)15(18(13,14)17)9-3-1-2-4-9;/h5-7,9,16H,1-4,12H2,(H4,13,14,17);. The first-order valence-corrected chi connectivity index (χ1v) is 7.75. The van der Waals surface area contributed by atoms with Crippen LogP contribution in [-0.2, 0) is 4.57 Å². The van der Waals surface area contributed by atoms with Gasteiger partial charge in [0.15, 0.2) is 0 Å². The van der Waals surface area contributed by atoms with Crippen LogP contribution in [0.5, 0.6) is 5.75 Å². The van der Waals surface area contributed by atoms with Crippen molar-refractivity contribution in [3.63, 3.8) is 0 Å². The van der Waals surface area contributed by atoms with Crippen LogP contribution in [0.2, 0.25) is 0 Å². The Bertz CT molecular complexity index is 488. The Labute approximate surface area is 135 Å². The fourth-order valence-corrected chi connectivity index (χ4v) is 3.75. The van der Waals surface area contributed by atoms with Crippen molar-refractivity contribution in [2.75, 3.05) is 10.4 Å². The minimum Gasteiger partial charge on any atom is -0.506 e. The average molecular weight is 293 g/mol. The minimum atomic E-state index is -3.46. The smallest absolute Gasteiger partial charge is 0.301 e. The summed E-state index contributed by atoms with van der Waals surface area (Å²) in [6.45, 7) is 0. The monoisotopic (exact) mass is 293 g/mol. The van der Waals surface area contributed by atoms with Crippen molar-refractivity contribution in [3.05, 3.63) is 18.2 Å². The number of hydrogen-bond acceptors (Lipinski definition) is 3. The second kappa shape index (κ2) is 6.48. The molecule has 0 heterocycles. The normalized spacial score (nSPS) is 16.1. The van der Waals surface area contributed by atoms with Crippen molar-refractivity contribution in [2.24, 2.45) is 11.0 Å². The van der Waals surface area contributed by atoms with Crippen LogP contribution in [0, 0.1) is 0 Å². The Kier molecular flexibility index (Phi) is 5.74. The molecule has 0 bridgehead atoms. The molecule has 2 rings (SSSR count). The van der Waals surface area contributed by atoms with Crippen molar-refractivity contribution in [1.29, 1.82) is 0 Å². The van der Waals surface area contributed by atoms with Crippen molar-refractivity contribution < 1.29 is 9.67 Å². The van der Waals surface area contributed by atoms with E-state index >= 15 is 0 Å². The van der Waals surface area contributed by atoms with Gasteiger partial charge in [0.1, 0.15) is 5.75 Å². The minimum absolute atomic E-state index is 0. The third-order valence-electron chi connectivity index (χ3n) is 3.25. The fraction of sp³-hybridized carbons (Fsp3) is 0.455. The SMILES string of the molecule is Nc1ccc(N(C2CCCC2)P(N)(N)=O)c(O)c1.[Na]. The molecule has 0 spiro atoms. The summed E-state index contributed by atoms with van der Waals surface area (Å²) >= 11 is 0. The molecule has 1 saturated carbocycles. The fourth-order valence-electron chi connectivity index (χ4n) is 2.50. The van der Waals surface area contributed by atoms with E-state index in [0.29, 0.717) is 11.4 Å². The Morgan fingerprint density at radius 1 is 1.26 bits per heavy atom. The van der Waals surface area contributed by atoms with E-state index in [0.717, 1.165) is 25.7 Å². The molecule has 0 aliphatic heterocycles. The van der Waals surface area contributed by atoms with Gasteiger partial charge in [-0.1, -0.05) is 12.8 Å². The zero-order valence-electron chi connectivity index (χ0n) is 11.1. The summed E-state index contributed by atoms with van der Waals surface area (Å²) in [5.74, 6) is -0.0435. The van der Waals surface area contributed by atoms with Crippen molar-refractivity contribution >= 4 is 48.5 Å². The first kappa shape index (κ1) is 16.8. The molecule has 1 aliphatic carbocycles. The van der Waals surface area contributed by atoms with Gasteiger partial charge in [0.05, 0.1) is 5.69 Å². The number of hydrogen-bond donors (Lipinski definition) is 4. The summed E-state index contributed by atoms with van der Waals surface area (Å²) in [5, 5.41) is 9.93. The Hall–Kier alpha value is -0.230. The first-order chi connectivity index (χ1) is 8.39. The van der Waals surface area contributed by atoms with E-state index in [2.05, 4.69) is 0 Å². The van der Waals surface area contributed by atoms with Crippen molar-refractivity contribution in [2.45, 2.75) is 31.7 Å². The predicted molar refractivity (Wildman–Crippen MR) is 79.0 cm³/mol. The summed E-state index contributed by atoms with van der Waals surface area (Å²) in [6.07, 6.45) is 3.86. The van der Waals surface area contributed by atoms with Gasteiger partial charge in [-0.25, -0.2) is 0 Å². The molecule has 0 unspecified atom stereocenters. The number of rotatable bonds is 3. The maximum absolute atomic E-state index is 12.1. The molecular weight excluding hydrogens is 274 g/mol. The zero-order valence-corrected chi connectivity index (χ0v) is 14.0. The number of phenols is 1. The van der Waals surface area contributed by atoms with Crippen LogP contribution >= 0.6 is 7.59 Å². The van der Waals surface area contributed by atoms with Crippen molar-refractivity contribution in [1.82, 2.24) is 0 Å². The number of anilines is 2. The quantitative estimate of drug-likeness (QED) is 0.379. The van der Waals surface area contributed by atoms with Gasteiger partial charge in [0.2, 0.25) is 0 Å².